The van der Waals surface area contributed by atoms with Gasteiger partial charge in [-0.15, -0.1) is 0 Å². The standard InChI is InChI=1S/C26H26BrN7O/c27-22-17-31-26(34-24(22)30-14-12-19-9-4-5-13-29-19)33-21-11-6-10-20(16-21)32-25(35)23(28)15-18-7-2-1-3-8-18/h1-11,13,16-17,23H,12,14-15,28H2,(H,32,35)(H2,30,31,33,34). The molecule has 0 aliphatic heterocycles. The number of amides is 1. The maximum Gasteiger partial charge on any atom is 0.241 e. The number of rotatable bonds is 10. The molecule has 35 heavy (non-hydrogen) atoms. The number of aromatic nitrogens is 3. The zero-order valence-electron chi connectivity index (χ0n) is 19.0. The summed E-state index contributed by atoms with van der Waals surface area (Å²) in [5.74, 6) is 0.859. The van der Waals surface area contributed by atoms with Crippen LogP contribution >= 0.6 is 15.9 Å². The van der Waals surface area contributed by atoms with Gasteiger partial charge in [0, 0.05) is 42.4 Å². The molecule has 0 bridgehead atoms. The van der Waals surface area contributed by atoms with E-state index in [0.29, 0.717) is 30.4 Å². The first-order valence-corrected chi connectivity index (χ1v) is 12.0. The average Bonchev–Trinajstić information content (AvgIpc) is 2.87. The Morgan fingerprint density at radius 3 is 2.57 bits per heavy atom. The van der Waals surface area contributed by atoms with Crippen molar-refractivity contribution in [1.29, 1.82) is 0 Å². The number of nitrogens with two attached hydrogens (primary N) is 1. The van der Waals surface area contributed by atoms with E-state index in [0.717, 1.165) is 27.8 Å². The van der Waals surface area contributed by atoms with Gasteiger partial charge in [-0.3, -0.25) is 9.78 Å². The van der Waals surface area contributed by atoms with E-state index in [9.17, 15) is 4.79 Å². The summed E-state index contributed by atoms with van der Waals surface area (Å²) in [7, 11) is 0. The van der Waals surface area contributed by atoms with Crippen molar-refractivity contribution < 1.29 is 4.79 Å². The topological polar surface area (TPSA) is 118 Å². The maximum atomic E-state index is 12.6. The summed E-state index contributed by atoms with van der Waals surface area (Å²) in [6.07, 6.45) is 4.71. The second-order valence-corrected chi connectivity index (χ2v) is 8.73. The lowest BCUT2D eigenvalue weighted by atomic mass is 10.1. The second kappa shape index (κ2) is 12.0. The van der Waals surface area contributed by atoms with Crippen LogP contribution in [0.3, 0.4) is 0 Å². The summed E-state index contributed by atoms with van der Waals surface area (Å²) < 4.78 is 0.762. The van der Waals surface area contributed by atoms with Crippen molar-refractivity contribution in [3.63, 3.8) is 0 Å². The van der Waals surface area contributed by atoms with Crippen LogP contribution in [0.25, 0.3) is 0 Å². The van der Waals surface area contributed by atoms with Crippen LogP contribution < -0.4 is 21.7 Å². The van der Waals surface area contributed by atoms with Gasteiger partial charge in [0.1, 0.15) is 5.82 Å². The highest BCUT2D eigenvalue weighted by molar-refractivity contribution is 9.10. The molecule has 1 atom stereocenters. The third kappa shape index (κ3) is 7.33. The van der Waals surface area contributed by atoms with Crippen molar-refractivity contribution in [2.75, 3.05) is 22.5 Å². The summed E-state index contributed by atoms with van der Waals surface area (Å²) in [6, 6.07) is 22.3. The monoisotopic (exact) mass is 531 g/mol. The third-order valence-electron chi connectivity index (χ3n) is 5.17. The number of nitrogens with one attached hydrogen (secondary N) is 3. The molecule has 178 valence electrons. The van der Waals surface area contributed by atoms with E-state index in [1.165, 1.54) is 0 Å². The molecule has 1 unspecified atom stereocenters. The molecule has 0 saturated carbocycles. The van der Waals surface area contributed by atoms with E-state index in [2.05, 4.69) is 46.8 Å². The number of carbonyl (C=O) groups excluding carboxylic acids is 1. The highest BCUT2D eigenvalue weighted by Gasteiger charge is 2.14. The molecule has 0 radical (unpaired) electrons. The number of pyridine rings is 1. The van der Waals surface area contributed by atoms with Gasteiger partial charge >= 0.3 is 0 Å². The van der Waals surface area contributed by atoms with Crippen LogP contribution in [0, 0.1) is 0 Å². The molecule has 0 fully saturated rings. The molecule has 0 aliphatic carbocycles. The molecule has 8 nitrogen and oxygen atoms in total. The lowest BCUT2D eigenvalue weighted by molar-refractivity contribution is -0.117. The van der Waals surface area contributed by atoms with Gasteiger partial charge in [-0.2, -0.15) is 4.98 Å². The molecule has 5 N–H and O–H groups in total. The number of anilines is 4. The molecule has 4 rings (SSSR count). The minimum absolute atomic E-state index is 0.245. The van der Waals surface area contributed by atoms with Gasteiger partial charge < -0.3 is 21.7 Å². The molecular weight excluding hydrogens is 506 g/mol. The number of hydrogen-bond donors (Lipinski definition) is 4. The van der Waals surface area contributed by atoms with E-state index in [1.54, 1.807) is 12.4 Å². The molecule has 0 aliphatic rings. The van der Waals surface area contributed by atoms with Crippen molar-refractivity contribution in [3.8, 4) is 0 Å². The van der Waals surface area contributed by atoms with Crippen LogP contribution in [0.15, 0.2) is 89.7 Å². The molecular formula is C26H26BrN7O. The minimum Gasteiger partial charge on any atom is -0.369 e. The van der Waals surface area contributed by atoms with Crippen LogP contribution in [-0.2, 0) is 17.6 Å². The average molecular weight is 532 g/mol. The number of carbonyl (C=O) groups is 1. The Morgan fingerprint density at radius 2 is 1.77 bits per heavy atom. The molecule has 0 saturated heterocycles. The van der Waals surface area contributed by atoms with Crippen LogP contribution in [0.5, 0.6) is 0 Å². The maximum absolute atomic E-state index is 12.6. The molecule has 1 amide bonds. The summed E-state index contributed by atoms with van der Waals surface area (Å²) >= 11 is 3.49. The van der Waals surface area contributed by atoms with Crippen molar-refractivity contribution in [1.82, 2.24) is 15.0 Å². The Balaban J connectivity index is 1.35. The molecule has 4 aromatic rings. The van der Waals surface area contributed by atoms with Crippen LogP contribution in [0.4, 0.5) is 23.1 Å². The zero-order chi connectivity index (χ0) is 24.5. The smallest absolute Gasteiger partial charge is 0.241 e. The van der Waals surface area contributed by atoms with Gasteiger partial charge in [0.25, 0.3) is 0 Å². The Labute approximate surface area is 212 Å². The first-order chi connectivity index (χ1) is 17.1. The van der Waals surface area contributed by atoms with Gasteiger partial charge in [-0.05, 0) is 58.2 Å². The normalized spacial score (nSPS) is 11.5. The summed E-state index contributed by atoms with van der Waals surface area (Å²) in [6.45, 7) is 0.677. The van der Waals surface area contributed by atoms with Gasteiger partial charge in [-0.1, -0.05) is 42.5 Å². The fraction of sp³-hybridized carbons (Fsp3) is 0.154. The first-order valence-electron chi connectivity index (χ1n) is 11.2. The summed E-state index contributed by atoms with van der Waals surface area (Å²) in [5, 5.41) is 9.37. The largest absolute Gasteiger partial charge is 0.369 e. The van der Waals surface area contributed by atoms with Crippen molar-refractivity contribution >= 4 is 45.0 Å². The highest BCUT2D eigenvalue weighted by Crippen LogP contribution is 2.23. The van der Waals surface area contributed by atoms with Gasteiger partial charge in [0.15, 0.2) is 0 Å². The van der Waals surface area contributed by atoms with Crippen LogP contribution in [0.1, 0.15) is 11.3 Å². The van der Waals surface area contributed by atoms with Gasteiger partial charge in [0.2, 0.25) is 11.9 Å². The highest BCUT2D eigenvalue weighted by atomic mass is 79.9. The molecule has 2 aromatic carbocycles. The fourth-order valence-corrected chi connectivity index (χ4v) is 3.74. The van der Waals surface area contributed by atoms with E-state index >= 15 is 0 Å². The summed E-state index contributed by atoms with van der Waals surface area (Å²) in [4.78, 5) is 25.8. The lowest BCUT2D eigenvalue weighted by Gasteiger charge is -2.14. The first kappa shape index (κ1) is 24.3. The number of benzene rings is 2. The Bertz CT molecular complexity index is 1260. The quantitative estimate of drug-likeness (QED) is 0.237. The van der Waals surface area contributed by atoms with Crippen LogP contribution in [0.2, 0.25) is 0 Å². The number of halogens is 1. The van der Waals surface area contributed by atoms with Crippen molar-refractivity contribution in [3.05, 3.63) is 101 Å². The predicted octanol–water partition coefficient (Wildman–Crippen LogP) is 4.54. The lowest BCUT2D eigenvalue weighted by Crippen LogP contribution is -2.37. The predicted molar refractivity (Wildman–Crippen MR) is 143 cm³/mol. The third-order valence-corrected chi connectivity index (χ3v) is 5.75. The van der Waals surface area contributed by atoms with Crippen LogP contribution in [-0.4, -0.2) is 33.4 Å². The molecule has 0 spiro atoms. The molecule has 2 heterocycles. The Kier molecular flexibility index (Phi) is 8.37. The van der Waals surface area contributed by atoms with E-state index in [-0.39, 0.29) is 5.91 Å². The second-order valence-electron chi connectivity index (χ2n) is 7.88. The minimum atomic E-state index is -0.649. The van der Waals surface area contributed by atoms with E-state index < -0.39 is 6.04 Å². The zero-order valence-corrected chi connectivity index (χ0v) is 20.6. The van der Waals surface area contributed by atoms with Crippen molar-refractivity contribution in [2.24, 2.45) is 5.73 Å². The summed E-state index contributed by atoms with van der Waals surface area (Å²) in [5.41, 5.74) is 9.50. The Morgan fingerprint density at radius 1 is 0.971 bits per heavy atom. The van der Waals surface area contributed by atoms with Crippen molar-refractivity contribution in [2.45, 2.75) is 18.9 Å². The Hall–Kier alpha value is -3.82. The van der Waals surface area contributed by atoms with E-state index in [4.69, 9.17) is 5.73 Å². The number of nitrogens with zero attached hydrogens (tertiary/aromatic N) is 3. The van der Waals surface area contributed by atoms with Gasteiger partial charge in [0.05, 0.1) is 10.5 Å². The van der Waals surface area contributed by atoms with E-state index in [1.807, 2.05) is 72.8 Å². The molecule has 9 heteroatoms. The SMILES string of the molecule is NC(Cc1ccccc1)C(=O)Nc1cccc(Nc2ncc(Br)c(NCCc3ccccn3)n2)c1. The fourth-order valence-electron chi connectivity index (χ4n) is 3.41. The molecule has 2 aromatic heterocycles. The van der Waals surface area contributed by atoms with Gasteiger partial charge in [-0.25, -0.2) is 4.98 Å². The number of hydrogen-bond acceptors (Lipinski definition) is 7.